The van der Waals surface area contributed by atoms with Crippen molar-refractivity contribution >= 4 is 29.3 Å². The molecule has 0 aromatic carbocycles. The molecule has 114 valence electrons. The number of carbonyl (C=O) groups is 2. The van der Waals surface area contributed by atoms with Gasteiger partial charge in [0, 0.05) is 25.2 Å². The summed E-state index contributed by atoms with van der Waals surface area (Å²) >= 11 is 1.38. The van der Waals surface area contributed by atoms with Crippen LogP contribution in [0, 0.1) is 0 Å². The lowest BCUT2D eigenvalue weighted by Crippen LogP contribution is -2.44. The summed E-state index contributed by atoms with van der Waals surface area (Å²) in [5, 5.41) is 3.34. The second kappa shape index (κ2) is 6.93. The van der Waals surface area contributed by atoms with Gasteiger partial charge in [-0.15, -0.1) is 0 Å². The lowest BCUT2D eigenvalue weighted by Gasteiger charge is -2.32. The fourth-order valence-electron chi connectivity index (χ4n) is 2.22. The lowest BCUT2D eigenvalue weighted by molar-refractivity contribution is -0.125. The van der Waals surface area contributed by atoms with Gasteiger partial charge in [0.05, 0.1) is 10.9 Å². The number of hydrogen-bond acceptors (Lipinski definition) is 4. The van der Waals surface area contributed by atoms with Gasteiger partial charge in [-0.3, -0.25) is 9.59 Å². The molecule has 0 aliphatic carbocycles. The highest BCUT2D eigenvalue weighted by atomic mass is 32.2. The van der Waals surface area contributed by atoms with Gasteiger partial charge in [-0.2, -0.15) is 0 Å². The number of nitrogens with one attached hydrogen (secondary N) is 1. The Labute approximate surface area is 129 Å². The fourth-order valence-corrected chi connectivity index (χ4v) is 3.37. The number of carbonyl (C=O) groups excluding carboxylic acids is 2. The zero-order valence-corrected chi connectivity index (χ0v) is 13.4. The summed E-state index contributed by atoms with van der Waals surface area (Å²) in [5.41, 5.74) is 0.841. The average molecular weight is 307 g/mol. The zero-order valence-electron chi connectivity index (χ0n) is 12.6. The molecule has 2 heterocycles. The predicted octanol–water partition coefficient (Wildman–Crippen LogP) is 2.21. The molecule has 0 spiro atoms. The monoisotopic (exact) mass is 307 g/mol. The topological polar surface area (TPSA) is 62.3 Å². The molecule has 1 aliphatic heterocycles. The number of nitrogens with zero attached hydrogens (tertiary/aromatic N) is 2. The first-order chi connectivity index (χ1) is 10.1. The second-order valence-electron chi connectivity index (χ2n) is 5.10. The van der Waals surface area contributed by atoms with E-state index in [4.69, 9.17) is 0 Å². The third kappa shape index (κ3) is 3.56. The van der Waals surface area contributed by atoms with Crippen LogP contribution in [-0.4, -0.2) is 34.6 Å². The Balaban J connectivity index is 2.12. The molecule has 2 rings (SSSR count). The maximum atomic E-state index is 12.5. The molecule has 0 bridgehead atoms. The minimum Gasteiger partial charge on any atom is -0.354 e. The van der Waals surface area contributed by atoms with Gasteiger partial charge in [-0.1, -0.05) is 18.7 Å². The highest BCUT2D eigenvalue weighted by Gasteiger charge is 2.34. The Morgan fingerprint density at radius 2 is 2.29 bits per heavy atom. The standard InChI is InChI=1S/C15H21N3O2S/c1-4-10(3)17-13(19)9-12-15(20)18(5-2)11-7-6-8-16-14(11)21-12/h6-8,10,12H,4-5,9H2,1-3H3,(H,17,19). The first-order valence-corrected chi connectivity index (χ1v) is 8.17. The number of hydrogen-bond donors (Lipinski definition) is 1. The Morgan fingerprint density at radius 1 is 1.52 bits per heavy atom. The molecule has 1 aliphatic rings. The minimum atomic E-state index is -0.392. The third-order valence-electron chi connectivity index (χ3n) is 3.54. The first kappa shape index (κ1) is 15.8. The van der Waals surface area contributed by atoms with E-state index in [0.717, 1.165) is 17.1 Å². The molecule has 2 unspecified atom stereocenters. The summed E-state index contributed by atoms with van der Waals surface area (Å²) in [6, 6.07) is 3.85. The number of fused-ring (bicyclic) bond motifs is 1. The number of aromatic nitrogens is 1. The Kier molecular flexibility index (Phi) is 5.22. The lowest BCUT2D eigenvalue weighted by atomic mass is 10.2. The van der Waals surface area contributed by atoms with Crippen LogP contribution in [0.1, 0.15) is 33.6 Å². The van der Waals surface area contributed by atoms with Gasteiger partial charge in [0.15, 0.2) is 0 Å². The van der Waals surface area contributed by atoms with E-state index in [-0.39, 0.29) is 24.3 Å². The largest absolute Gasteiger partial charge is 0.354 e. The number of thioether (sulfide) groups is 1. The minimum absolute atomic E-state index is 0.0118. The van der Waals surface area contributed by atoms with Gasteiger partial charge in [-0.05, 0) is 32.4 Å². The van der Waals surface area contributed by atoms with Crippen molar-refractivity contribution in [3.05, 3.63) is 18.3 Å². The number of pyridine rings is 1. The van der Waals surface area contributed by atoms with Crippen LogP contribution in [0.2, 0.25) is 0 Å². The normalized spacial score (nSPS) is 19.1. The third-order valence-corrected chi connectivity index (χ3v) is 4.73. The molecule has 1 aromatic heterocycles. The van der Waals surface area contributed by atoms with E-state index in [2.05, 4.69) is 10.3 Å². The van der Waals surface area contributed by atoms with E-state index < -0.39 is 5.25 Å². The van der Waals surface area contributed by atoms with Gasteiger partial charge in [0.2, 0.25) is 11.8 Å². The van der Waals surface area contributed by atoms with Crippen LogP contribution in [0.3, 0.4) is 0 Å². The molecule has 2 amide bonds. The SMILES string of the molecule is CCC(C)NC(=O)CC1Sc2ncccc2N(CC)C1=O. The van der Waals surface area contributed by atoms with Crippen molar-refractivity contribution in [2.75, 3.05) is 11.4 Å². The Hall–Kier alpha value is -1.56. The molecular weight excluding hydrogens is 286 g/mol. The summed E-state index contributed by atoms with van der Waals surface area (Å²) in [4.78, 5) is 30.6. The highest BCUT2D eigenvalue weighted by molar-refractivity contribution is 8.00. The smallest absolute Gasteiger partial charge is 0.241 e. The first-order valence-electron chi connectivity index (χ1n) is 7.29. The van der Waals surface area contributed by atoms with Crippen LogP contribution in [0.25, 0.3) is 0 Å². The van der Waals surface area contributed by atoms with Crippen LogP contribution < -0.4 is 10.2 Å². The Bertz CT molecular complexity index is 535. The van der Waals surface area contributed by atoms with Gasteiger partial charge in [-0.25, -0.2) is 4.98 Å². The van der Waals surface area contributed by atoms with Crippen LogP contribution in [0.4, 0.5) is 5.69 Å². The summed E-state index contributed by atoms with van der Waals surface area (Å²) in [6.07, 6.45) is 2.79. The van der Waals surface area contributed by atoms with E-state index in [1.54, 1.807) is 11.1 Å². The van der Waals surface area contributed by atoms with E-state index in [0.29, 0.717) is 6.54 Å². The summed E-state index contributed by atoms with van der Waals surface area (Å²) in [6.45, 7) is 6.50. The summed E-state index contributed by atoms with van der Waals surface area (Å²) in [7, 11) is 0. The van der Waals surface area contributed by atoms with Crippen molar-refractivity contribution in [1.29, 1.82) is 0 Å². The maximum absolute atomic E-state index is 12.5. The van der Waals surface area contributed by atoms with Crippen molar-refractivity contribution in [2.45, 2.75) is 49.9 Å². The van der Waals surface area contributed by atoms with Gasteiger partial charge in [0.25, 0.3) is 0 Å². The van der Waals surface area contributed by atoms with Crippen molar-refractivity contribution in [3.63, 3.8) is 0 Å². The van der Waals surface area contributed by atoms with Crippen molar-refractivity contribution in [2.24, 2.45) is 0 Å². The molecule has 1 N–H and O–H groups in total. The van der Waals surface area contributed by atoms with Crippen LogP contribution in [-0.2, 0) is 9.59 Å². The van der Waals surface area contributed by atoms with Gasteiger partial charge >= 0.3 is 0 Å². The van der Waals surface area contributed by atoms with Crippen LogP contribution in [0.15, 0.2) is 23.4 Å². The van der Waals surface area contributed by atoms with Crippen molar-refractivity contribution in [1.82, 2.24) is 10.3 Å². The molecular formula is C15H21N3O2S. The molecule has 1 aromatic rings. The zero-order chi connectivity index (χ0) is 15.4. The maximum Gasteiger partial charge on any atom is 0.241 e. The van der Waals surface area contributed by atoms with Crippen molar-refractivity contribution < 1.29 is 9.59 Å². The molecule has 0 radical (unpaired) electrons. The highest BCUT2D eigenvalue weighted by Crippen LogP contribution is 2.38. The van der Waals surface area contributed by atoms with Crippen molar-refractivity contribution in [3.8, 4) is 0 Å². The summed E-state index contributed by atoms with van der Waals surface area (Å²) < 4.78 is 0. The predicted molar refractivity (Wildman–Crippen MR) is 84.4 cm³/mol. The molecule has 0 fully saturated rings. The van der Waals surface area contributed by atoms with Gasteiger partial charge in [0.1, 0.15) is 5.03 Å². The Morgan fingerprint density at radius 3 is 2.95 bits per heavy atom. The van der Waals surface area contributed by atoms with Crippen LogP contribution >= 0.6 is 11.8 Å². The van der Waals surface area contributed by atoms with Crippen LogP contribution in [0.5, 0.6) is 0 Å². The fraction of sp³-hybridized carbons (Fsp3) is 0.533. The van der Waals surface area contributed by atoms with E-state index in [1.807, 2.05) is 32.9 Å². The average Bonchev–Trinajstić information content (AvgIpc) is 2.48. The van der Waals surface area contributed by atoms with Gasteiger partial charge < -0.3 is 10.2 Å². The molecule has 0 saturated carbocycles. The molecule has 5 nitrogen and oxygen atoms in total. The number of amides is 2. The van der Waals surface area contributed by atoms with E-state index in [1.165, 1.54) is 11.8 Å². The molecule has 2 atom stereocenters. The number of rotatable bonds is 5. The van der Waals surface area contributed by atoms with E-state index in [9.17, 15) is 9.59 Å². The quantitative estimate of drug-likeness (QED) is 0.906. The number of anilines is 1. The van der Waals surface area contributed by atoms with E-state index >= 15 is 0 Å². The second-order valence-corrected chi connectivity index (χ2v) is 6.29. The summed E-state index contributed by atoms with van der Waals surface area (Å²) in [5.74, 6) is -0.0899. The molecule has 0 saturated heterocycles. The molecule has 6 heteroatoms. The molecule has 21 heavy (non-hydrogen) atoms.